The molecule has 88 valence electrons. The fraction of sp³-hybridized carbons (Fsp3) is 0.455. The van der Waals surface area contributed by atoms with Crippen molar-refractivity contribution in [2.75, 3.05) is 5.32 Å². The van der Waals surface area contributed by atoms with E-state index < -0.39 is 4.92 Å². The molecule has 5 heteroatoms. The van der Waals surface area contributed by atoms with Crippen molar-refractivity contribution >= 4 is 11.4 Å². The van der Waals surface area contributed by atoms with E-state index in [0.29, 0.717) is 12.1 Å². The molecule has 0 radical (unpaired) electrons. The number of nitro groups is 1. The van der Waals surface area contributed by atoms with Crippen LogP contribution < -0.4 is 5.32 Å². The maximum absolute atomic E-state index is 10.6. The number of nitrogens with zero attached hydrogens (tertiary/aromatic N) is 1. The summed E-state index contributed by atoms with van der Waals surface area (Å²) in [4.78, 5) is 10.1. The Hall–Kier alpha value is -1.62. The molecule has 0 heterocycles. The van der Waals surface area contributed by atoms with Gasteiger partial charge in [0.15, 0.2) is 0 Å². The van der Waals surface area contributed by atoms with Crippen molar-refractivity contribution in [2.24, 2.45) is 0 Å². The van der Waals surface area contributed by atoms with Crippen LogP contribution in [-0.2, 0) is 0 Å². The van der Waals surface area contributed by atoms with E-state index in [1.165, 1.54) is 12.1 Å². The smallest absolute Gasteiger partial charge is 0.271 e. The van der Waals surface area contributed by atoms with Gasteiger partial charge < -0.3 is 10.4 Å². The molecule has 2 unspecified atom stereocenters. The summed E-state index contributed by atoms with van der Waals surface area (Å²) in [5.41, 5.74) is 0.761. The van der Waals surface area contributed by atoms with Gasteiger partial charge in [-0.1, -0.05) is 6.07 Å². The lowest BCUT2D eigenvalue weighted by Crippen LogP contribution is -2.20. The van der Waals surface area contributed by atoms with Gasteiger partial charge in [0.1, 0.15) is 0 Å². The van der Waals surface area contributed by atoms with E-state index in [9.17, 15) is 15.2 Å². The minimum atomic E-state index is -0.426. The normalized spacial score (nSPS) is 14.2. The Morgan fingerprint density at radius 3 is 2.75 bits per heavy atom. The standard InChI is InChI=1S/C11H16N2O3/c1-8(6-9(2)14)12-10-4-3-5-11(7-10)13(15)16/h3-5,7-9,12,14H,6H2,1-2H3. The predicted octanol–water partition coefficient (Wildman–Crippen LogP) is 2.17. The Labute approximate surface area is 94.3 Å². The van der Waals surface area contributed by atoms with Gasteiger partial charge in [0.25, 0.3) is 5.69 Å². The molecule has 0 amide bonds. The van der Waals surface area contributed by atoms with E-state index in [1.807, 2.05) is 6.92 Å². The van der Waals surface area contributed by atoms with Crippen molar-refractivity contribution in [3.8, 4) is 0 Å². The molecule has 0 saturated carbocycles. The van der Waals surface area contributed by atoms with Gasteiger partial charge in [0.05, 0.1) is 11.0 Å². The van der Waals surface area contributed by atoms with E-state index in [-0.39, 0.29) is 17.8 Å². The minimum absolute atomic E-state index is 0.0641. The molecule has 1 aromatic carbocycles. The number of anilines is 1. The summed E-state index contributed by atoms with van der Waals surface area (Å²) in [6.45, 7) is 3.64. The molecule has 0 spiro atoms. The van der Waals surface area contributed by atoms with Crippen LogP contribution in [0.3, 0.4) is 0 Å². The van der Waals surface area contributed by atoms with Crippen LogP contribution in [0.15, 0.2) is 24.3 Å². The molecule has 1 rings (SSSR count). The van der Waals surface area contributed by atoms with Crippen LogP contribution in [0, 0.1) is 10.1 Å². The maximum Gasteiger partial charge on any atom is 0.271 e. The molecule has 0 aliphatic heterocycles. The maximum atomic E-state index is 10.6. The van der Waals surface area contributed by atoms with Gasteiger partial charge in [0, 0.05) is 23.9 Å². The topological polar surface area (TPSA) is 75.4 Å². The van der Waals surface area contributed by atoms with Gasteiger partial charge in [-0.15, -0.1) is 0 Å². The summed E-state index contributed by atoms with van der Waals surface area (Å²) in [6.07, 6.45) is 0.212. The predicted molar refractivity (Wildman–Crippen MR) is 62.5 cm³/mol. The molecule has 1 aromatic rings. The Balaban J connectivity index is 2.66. The van der Waals surface area contributed by atoms with Crippen molar-refractivity contribution in [3.05, 3.63) is 34.4 Å². The average molecular weight is 224 g/mol. The first-order chi connectivity index (χ1) is 7.49. The number of hydrogen-bond donors (Lipinski definition) is 2. The third-order valence-electron chi connectivity index (χ3n) is 2.16. The number of aliphatic hydroxyl groups excluding tert-OH is 1. The molecule has 0 aliphatic carbocycles. The molecule has 0 fully saturated rings. The number of nitro benzene ring substituents is 1. The molecule has 16 heavy (non-hydrogen) atoms. The van der Waals surface area contributed by atoms with Crippen LogP contribution in [0.1, 0.15) is 20.3 Å². The Morgan fingerprint density at radius 1 is 1.50 bits per heavy atom. The first-order valence-corrected chi connectivity index (χ1v) is 5.18. The van der Waals surface area contributed by atoms with Crippen LogP contribution in [0.4, 0.5) is 11.4 Å². The highest BCUT2D eigenvalue weighted by Crippen LogP contribution is 2.18. The van der Waals surface area contributed by atoms with Gasteiger partial charge in [-0.05, 0) is 26.3 Å². The van der Waals surface area contributed by atoms with Gasteiger partial charge in [0.2, 0.25) is 0 Å². The van der Waals surface area contributed by atoms with Crippen LogP contribution in [0.5, 0.6) is 0 Å². The van der Waals surface area contributed by atoms with Crippen LogP contribution in [0.2, 0.25) is 0 Å². The van der Waals surface area contributed by atoms with Gasteiger partial charge in [-0.2, -0.15) is 0 Å². The van der Waals surface area contributed by atoms with Crippen LogP contribution in [0.25, 0.3) is 0 Å². The third-order valence-corrected chi connectivity index (χ3v) is 2.16. The molecule has 0 saturated heterocycles. The zero-order valence-corrected chi connectivity index (χ0v) is 9.38. The van der Waals surface area contributed by atoms with Crippen molar-refractivity contribution in [2.45, 2.75) is 32.4 Å². The van der Waals surface area contributed by atoms with Gasteiger partial charge in [-0.3, -0.25) is 10.1 Å². The summed E-state index contributed by atoms with van der Waals surface area (Å²) in [7, 11) is 0. The van der Waals surface area contributed by atoms with Crippen LogP contribution in [-0.4, -0.2) is 22.2 Å². The molecule has 0 aromatic heterocycles. The summed E-state index contributed by atoms with van der Waals surface area (Å²) in [6, 6.07) is 6.41. The van der Waals surface area contributed by atoms with Gasteiger partial charge >= 0.3 is 0 Å². The second kappa shape index (κ2) is 5.46. The molecule has 0 aliphatic rings. The minimum Gasteiger partial charge on any atom is -0.393 e. The number of nitrogens with one attached hydrogen (secondary N) is 1. The highest BCUT2D eigenvalue weighted by molar-refractivity contribution is 5.51. The summed E-state index contributed by atoms with van der Waals surface area (Å²) in [5.74, 6) is 0. The quantitative estimate of drug-likeness (QED) is 0.593. The summed E-state index contributed by atoms with van der Waals surface area (Å²) < 4.78 is 0. The van der Waals surface area contributed by atoms with Crippen molar-refractivity contribution in [1.82, 2.24) is 0 Å². The highest BCUT2D eigenvalue weighted by Gasteiger charge is 2.09. The van der Waals surface area contributed by atoms with Crippen molar-refractivity contribution < 1.29 is 10.0 Å². The SMILES string of the molecule is CC(O)CC(C)Nc1cccc([N+](=O)[O-])c1. The fourth-order valence-electron chi connectivity index (χ4n) is 1.56. The summed E-state index contributed by atoms with van der Waals surface area (Å²) in [5, 5.41) is 22.9. The van der Waals surface area contributed by atoms with Crippen LogP contribution >= 0.6 is 0 Å². The lowest BCUT2D eigenvalue weighted by molar-refractivity contribution is -0.384. The summed E-state index contributed by atoms with van der Waals surface area (Å²) >= 11 is 0. The largest absolute Gasteiger partial charge is 0.393 e. The van der Waals surface area contributed by atoms with Crippen molar-refractivity contribution in [3.63, 3.8) is 0 Å². The number of aliphatic hydroxyl groups is 1. The Bertz CT molecular complexity index is 366. The van der Waals surface area contributed by atoms with Crippen molar-refractivity contribution in [1.29, 1.82) is 0 Å². The third kappa shape index (κ3) is 3.86. The second-order valence-electron chi connectivity index (χ2n) is 3.94. The molecule has 0 bridgehead atoms. The first kappa shape index (κ1) is 12.4. The lowest BCUT2D eigenvalue weighted by atomic mass is 10.1. The molecular formula is C11H16N2O3. The zero-order valence-electron chi connectivity index (χ0n) is 9.38. The van der Waals surface area contributed by atoms with E-state index in [2.05, 4.69) is 5.32 Å². The van der Waals surface area contributed by atoms with E-state index in [4.69, 9.17) is 0 Å². The number of benzene rings is 1. The fourth-order valence-corrected chi connectivity index (χ4v) is 1.56. The second-order valence-corrected chi connectivity index (χ2v) is 3.94. The molecule has 2 atom stereocenters. The van der Waals surface area contributed by atoms with Gasteiger partial charge in [-0.25, -0.2) is 0 Å². The van der Waals surface area contributed by atoms with E-state index in [1.54, 1.807) is 19.1 Å². The number of rotatable bonds is 5. The zero-order chi connectivity index (χ0) is 12.1. The molecule has 2 N–H and O–H groups in total. The molecule has 5 nitrogen and oxygen atoms in total. The van der Waals surface area contributed by atoms with E-state index >= 15 is 0 Å². The molecular weight excluding hydrogens is 208 g/mol. The number of non-ortho nitro benzene ring substituents is 1. The Kier molecular flexibility index (Phi) is 4.25. The first-order valence-electron chi connectivity index (χ1n) is 5.18. The number of hydrogen-bond acceptors (Lipinski definition) is 4. The highest BCUT2D eigenvalue weighted by atomic mass is 16.6. The average Bonchev–Trinajstić information content (AvgIpc) is 2.16. The van der Waals surface area contributed by atoms with E-state index in [0.717, 1.165) is 0 Å². The monoisotopic (exact) mass is 224 g/mol. The Morgan fingerprint density at radius 2 is 2.19 bits per heavy atom. The lowest BCUT2D eigenvalue weighted by Gasteiger charge is -2.16.